The summed E-state index contributed by atoms with van der Waals surface area (Å²) in [4.78, 5) is 0. The predicted molar refractivity (Wildman–Crippen MR) is 98.3 cm³/mol. The first kappa shape index (κ1) is 20.3. The van der Waals surface area contributed by atoms with Crippen LogP contribution in [-0.2, 0) is 12.6 Å². The monoisotopic (exact) mass is 361 g/mol. The Morgan fingerprint density at radius 2 is 1.58 bits per heavy atom. The van der Waals surface area contributed by atoms with Gasteiger partial charge in [-0.3, -0.25) is 0 Å². The second kappa shape index (κ2) is 10.2. The molecule has 1 aromatic carbocycles. The Labute approximate surface area is 154 Å². The Morgan fingerprint density at radius 1 is 0.962 bits per heavy atom. The maximum absolute atomic E-state index is 12.6. The van der Waals surface area contributed by atoms with Gasteiger partial charge in [-0.05, 0) is 55.2 Å². The molecule has 1 aliphatic carbocycles. The molecule has 0 aromatic heterocycles. The molecule has 140 valence electrons. The normalized spacial score (nSPS) is 21.3. The molecular formula is C22H26F3N. The van der Waals surface area contributed by atoms with Crippen LogP contribution < -0.4 is 0 Å². The van der Waals surface area contributed by atoms with Crippen molar-refractivity contribution in [1.29, 1.82) is 5.26 Å². The molecule has 0 aliphatic heterocycles. The number of nitriles is 1. The number of aryl methyl sites for hydroxylation is 1. The summed E-state index contributed by atoms with van der Waals surface area (Å²) in [5, 5.41) is 8.40. The van der Waals surface area contributed by atoms with Gasteiger partial charge in [0.25, 0.3) is 0 Å². The molecule has 0 atom stereocenters. The van der Waals surface area contributed by atoms with Crippen molar-refractivity contribution in [2.24, 2.45) is 11.8 Å². The average Bonchev–Trinajstić information content (AvgIpc) is 2.63. The molecule has 0 heterocycles. The van der Waals surface area contributed by atoms with Gasteiger partial charge < -0.3 is 0 Å². The van der Waals surface area contributed by atoms with E-state index in [4.69, 9.17) is 5.26 Å². The third-order valence-electron chi connectivity index (χ3n) is 5.25. The molecule has 0 unspecified atom stereocenters. The fourth-order valence-corrected chi connectivity index (χ4v) is 3.65. The Morgan fingerprint density at radius 3 is 2.15 bits per heavy atom. The summed E-state index contributed by atoms with van der Waals surface area (Å²) in [7, 11) is 0. The van der Waals surface area contributed by atoms with Crippen LogP contribution in [0.4, 0.5) is 13.2 Å². The number of benzene rings is 1. The number of alkyl halides is 3. The zero-order valence-corrected chi connectivity index (χ0v) is 15.0. The largest absolute Gasteiger partial charge is 0.416 e. The zero-order valence-electron chi connectivity index (χ0n) is 15.0. The molecular weight excluding hydrogens is 335 g/mol. The molecule has 0 amide bonds. The zero-order chi connectivity index (χ0) is 18.8. The summed E-state index contributed by atoms with van der Waals surface area (Å²) in [6.45, 7) is 0. The van der Waals surface area contributed by atoms with Crippen molar-refractivity contribution in [3.8, 4) is 6.07 Å². The van der Waals surface area contributed by atoms with E-state index in [1.54, 1.807) is 18.2 Å². The van der Waals surface area contributed by atoms with Crippen molar-refractivity contribution in [3.63, 3.8) is 0 Å². The summed E-state index contributed by atoms with van der Waals surface area (Å²) < 4.78 is 37.7. The van der Waals surface area contributed by atoms with E-state index in [1.807, 2.05) is 12.1 Å². The molecule has 4 heteroatoms. The first-order valence-corrected chi connectivity index (χ1v) is 9.36. The van der Waals surface area contributed by atoms with Gasteiger partial charge in [0.1, 0.15) is 0 Å². The van der Waals surface area contributed by atoms with Crippen molar-refractivity contribution in [2.75, 3.05) is 0 Å². The van der Waals surface area contributed by atoms with Gasteiger partial charge in [0.2, 0.25) is 0 Å². The number of rotatable bonds is 7. The number of hydrogen-bond acceptors (Lipinski definition) is 1. The number of halogens is 3. The van der Waals surface area contributed by atoms with Gasteiger partial charge in [-0.2, -0.15) is 18.4 Å². The molecule has 1 fully saturated rings. The van der Waals surface area contributed by atoms with E-state index in [0.717, 1.165) is 30.7 Å². The number of hydrogen-bond donors (Lipinski definition) is 0. The molecule has 1 saturated carbocycles. The Balaban J connectivity index is 1.65. The van der Waals surface area contributed by atoms with Crippen LogP contribution in [0.15, 0.2) is 48.6 Å². The van der Waals surface area contributed by atoms with Crippen LogP contribution in [-0.4, -0.2) is 0 Å². The maximum Gasteiger partial charge on any atom is 0.416 e. The summed E-state index contributed by atoms with van der Waals surface area (Å²) in [5.74, 6) is 1.48. The summed E-state index contributed by atoms with van der Waals surface area (Å²) in [5.41, 5.74) is 0.426. The van der Waals surface area contributed by atoms with Crippen LogP contribution in [0.5, 0.6) is 0 Å². The highest BCUT2D eigenvalue weighted by Gasteiger charge is 2.30. The minimum atomic E-state index is -4.25. The lowest BCUT2D eigenvalue weighted by Crippen LogP contribution is -2.15. The summed E-state index contributed by atoms with van der Waals surface area (Å²) in [6, 6.07) is 7.56. The van der Waals surface area contributed by atoms with E-state index < -0.39 is 11.7 Å². The maximum atomic E-state index is 12.6. The molecule has 0 bridgehead atoms. The molecule has 2 rings (SSSR count). The smallest absolute Gasteiger partial charge is 0.193 e. The van der Waals surface area contributed by atoms with Crippen molar-refractivity contribution in [1.82, 2.24) is 0 Å². The Kier molecular flexibility index (Phi) is 7.97. The van der Waals surface area contributed by atoms with Crippen LogP contribution in [0.3, 0.4) is 0 Å². The standard InChI is InChI=1S/C22H26F3N/c23-22(24,25)21-15-13-20(14-16-21)12-11-19-9-7-18(8-10-19)6-4-2-1-3-5-17-26/h1-3,5,13-16,18-19H,4,6-12H2/b2-1+,5-3+/t18-,19-. The summed E-state index contributed by atoms with van der Waals surface area (Å²) >= 11 is 0. The first-order valence-electron chi connectivity index (χ1n) is 9.36. The van der Waals surface area contributed by atoms with Crippen LogP contribution in [0.25, 0.3) is 0 Å². The highest BCUT2D eigenvalue weighted by molar-refractivity contribution is 5.24. The second-order valence-electron chi connectivity index (χ2n) is 7.11. The minimum Gasteiger partial charge on any atom is -0.193 e. The van der Waals surface area contributed by atoms with Crippen molar-refractivity contribution >= 4 is 0 Å². The molecule has 0 N–H and O–H groups in total. The highest BCUT2D eigenvalue weighted by Crippen LogP contribution is 2.34. The fraction of sp³-hybridized carbons (Fsp3) is 0.500. The van der Waals surface area contributed by atoms with Crippen LogP contribution in [0.1, 0.15) is 56.1 Å². The van der Waals surface area contributed by atoms with E-state index in [-0.39, 0.29) is 0 Å². The first-order chi connectivity index (χ1) is 12.5. The van der Waals surface area contributed by atoms with Gasteiger partial charge >= 0.3 is 6.18 Å². The third kappa shape index (κ3) is 7.07. The minimum absolute atomic E-state index is 0.570. The van der Waals surface area contributed by atoms with Crippen molar-refractivity contribution in [2.45, 2.75) is 57.5 Å². The van der Waals surface area contributed by atoms with Gasteiger partial charge in [0.05, 0.1) is 11.6 Å². The van der Waals surface area contributed by atoms with E-state index in [2.05, 4.69) is 6.08 Å². The van der Waals surface area contributed by atoms with Gasteiger partial charge in [-0.15, -0.1) is 0 Å². The third-order valence-corrected chi connectivity index (χ3v) is 5.25. The summed E-state index contributed by atoms with van der Waals surface area (Å²) in [6.07, 6.45) is 12.2. The lowest BCUT2D eigenvalue weighted by atomic mass is 9.78. The molecule has 1 aliphatic rings. The Bertz CT molecular complexity index is 627. The van der Waals surface area contributed by atoms with Crippen molar-refractivity contribution in [3.05, 3.63) is 59.7 Å². The van der Waals surface area contributed by atoms with Gasteiger partial charge in [-0.1, -0.05) is 56.0 Å². The lowest BCUT2D eigenvalue weighted by Gasteiger charge is -2.28. The van der Waals surface area contributed by atoms with E-state index >= 15 is 0 Å². The van der Waals surface area contributed by atoms with E-state index in [9.17, 15) is 13.2 Å². The molecule has 1 aromatic rings. The number of nitrogens with zero attached hydrogens (tertiary/aromatic N) is 1. The van der Waals surface area contributed by atoms with Crippen molar-refractivity contribution < 1.29 is 13.2 Å². The Hall–Kier alpha value is -2.02. The van der Waals surface area contributed by atoms with Crippen LogP contribution >= 0.6 is 0 Å². The predicted octanol–water partition coefficient (Wildman–Crippen LogP) is 6.86. The van der Waals surface area contributed by atoms with Gasteiger partial charge in [-0.25, -0.2) is 0 Å². The van der Waals surface area contributed by atoms with E-state index in [1.165, 1.54) is 50.3 Å². The molecule has 26 heavy (non-hydrogen) atoms. The molecule has 0 saturated heterocycles. The number of allylic oxidation sites excluding steroid dienone is 4. The van der Waals surface area contributed by atoms with Gasteiger partial charge in [0, 0.05) is 6.08 Å². The average molecular weight is 361 g/mol. The lowest BCUT2D eigenvalue weighted by molar-refractivity contribution is -0.137. The highest BCUT2D eigenvalue weighted by atomic mass is 19.4. The molecule has 1 nitrogen and oxygen atoms in total. The molecule has 0 radical (unpaired) electrons. The van der Waals surface area contributed by atoms with Crippen LogP contribution in [0.2, 0.25) is 0 Å². The topological polar surface area (TPSA) is 23.8 Å². The van der Waals surface area contributed by atoms with Gasteiger partial charge in [0.15, 0.2) is 0 Å². The second-order valence-corrected chi connectivity index (χ2v) is 7.11. The fourth-order valence-electron chi connectivity index (χ4n) is 3.65. The SMILES string of the molecule is N#C/C=C/C=C/CC[C@H]1CC[C@H](CCc2ccc(C(F)(F)F)cc2)CC1. The van der Waals surface area contributed by atoms with E-state index in [0.29, 0.717) is 5.92 Å². The van der Waals surface area contributed by atoms with Crippen LogP contribution in [0, 0.1) is 23.2 Å². The molecule has 0 spiro atoms. The quantitative estimate of drug-likeness (QED) is 0.384.